The van der Waals surface area contributed by atoms with E-state index in [4.69, 9.17) is 5.11 Å². The van der Waals surface area contributed by atoms with E-state index in [-0.39, 0.29) is 6.61 Å². The van der Waals surface area contributed by atoms with Crippen LogP contribution in [0.15, 0.2) is 12.7 Å². The van der Waals surface area contributed by atoms with Crippen LogP contribution in [-0.4, -0.2) is 36.2 Å². The summed E-state index contributed by atoms with van der Waals surface area (Å²) in [7, 11) is 0. The van der Waals surface area contributed by atoms with Crippen molar-refractivity contribution >= 4 is 0 Å². The molecule has 0 rings (SSSR count). The van der Waals surface area contributed by atoms with Crippen LogP contribution >= 0.6 is 0 Å². The Balaban J connectivity index is 3.42. The highest BCUT2D eigenvalue weighted by molar-refractivity contribution is 4.66. The van der Waals surface area contributed by atoms with E-state index >= 15 is 0 Å². The molecule has 0 fully saturated rings. The number of rotatable bonds is 11. The Morgan fingerprint density at radius 1 is 1.07 bits per heavy atom. The summed E-state index contributed by atoms with van der Waals surface area (Å²) in [6, 6.07) is 0. The van der Waals surface area contributed by atoms with Crippen LogP contribution in [-0.2, 0) is 0 Å². The Morgan fingerprint density at radius 3 is 2.40 bits per heavy atom. The van der Waals surface area contributed by atoms with Gasteiger partial charge in [0, 0.05) is 6.54 Å². The van der Waals surface area contributed by atoms with Gasteiger partial charge in [-0.15, -0.1) is 6.58 Å². The first-order chi connectivity index (χ1) is 7.35. The fourth-order valence-corrected chi connectivity index (χ4v) is 1.66. The van der Waals surface area contributed by atoms with E-state index in [0.717, 1.165) is 26.1 Å². The Labute approximate surface area is 95.0 Å². The standard InChI is InChI=1S/C13H27NO/c1-3-5-7-8-9-11-14(12-13-15)10-6-4-2/h3,15H,1,4-13H2,2H3. The lowest BCUT2D eigenvalue weighted by Crippen LogP contribution is -2.29. The lowest BCUT2D eigenvalue weighted by atomic mass is 10.2. The van der Waals surface area contributed by atoms with Crippen molar-refractivity contribution < 1.29 is 5.11 Å². The third kappa shape index (κ3) is 9.95. The lowest BCUT2D eigenvalue weighted by molar-refractivity contribution is 0.191. The van der Waals surface area contributed by atoms with Crippen LogP contribution in [0.25, 0.3) is 0 Å². The zero-order chi connectivity index (χ0) is 11.4. The second-order valence-corrected chi connectivity index (χ2v) is 4.06. The van der Waals surface area contributed by atoms with Crippen LogP contribution in [0.1, 0.15) is 45.4 Å². The molecular formula is C13H27NO. The molecule has 0 aromatic rings. The van der Waals surface area contributed by atoms with Gasteiger partial charge in [0.05, 0.1) is 6.61 Å². The van der Waals surface area contributed by atoms with Crippen molar-refractivity contribution in [1.82, 2.24) is 4.90 Å². The quantitative estimate of drug-likeness (QED) is 0.421. The molecule has 0 unspecified atom stereocenters. The second-order valence-electron chi connectivity index (χ2n) is 4.06. The molecule has 0 atom stereocenters. The Bertz CT molecular complexity index is 136. The predicted octanol–water partition coefficient (Wildman–Crippen LogP) is 2.83. The Kier molecular flexibility index (Phi) is 11.5. The van der Waals surface area contributed by atoms with E-state index in [1.54, 1.807) is 0 Å². The molecule has 0 spiro atoms. The molecule has 0 aliphatic carbocycles. The first-order valence-corrected chi connectivity index (χ1v) is 6.29. The zero-order valence-electron chi connectivity index (χ0n) is 10.2. The number of unbranched alkanes of at least 4 members (excludes halogenated alkanes) is 4. The fourth-order valence-electron chi connectivity index (χ4n) is 1.66. The number of hydrogen-bond acceptors (Lipinski definition) is 2. The summed E-state index contributed by atoms with van der Waals surface area (Å²) in [5.74, 6) is 0. The molecule has 2 nitrogen and oxygen atoms in total. The predicted molar refractivity (Wildman–Crippen MR) is 67.1 cm³/mol. The first kappa shape index (κ1) is 14.7. The number of nitrogens with zero attached hydrogens (tertiary/aromatic N) is 1. The molecule has 0 aromatic heterocycles. The van der Waals surface area contributed by atoms with Crippen LogP contribution in [0.3, 0.4) is 0 Å². The normalized spacial score (nSPS) is 10.9. The minimum absolute atomic E-state index is 0.288. The molecule has 0 bridgehead atoms. The van der Waals surface area contributed by atoms with Crippen LogP contribution in [0.5, 0.6) is 0 Å². The summed E-state index contributed by atoms with van der Waals surface area (Å²) < 4.78 is 0. The summed E-state index contributed by atoms with van der Waals surface area (Å²) in [6.45, 7) is 9.33. The number of aliphatic hydroxyl groups is 1. The molecule has 0 amide bonds. The smallest absolute Gasteiger partial charge is 0.0558 e. The van der Waals surface area contributed by atoms with Crippen LogP contribution in [0, 0.1) is 0 Å². The average molecular weight is 213 g/mol. The molecule has 0 aliphatic rings. The van der Waals surface area contributed by atoms with Crippen molar-refractivity contribution in [2.45, 2.75) is 45.4 Å². The van der Waals surface area contributed by atoms with Gasteiger partial charge in [-0.1, -0.05) is 25.8 Å². The summed E-state index contributed by atoms with van der Waals surface area (Å²) in [4.78, 5) is 2.37. The van der Waals surface area contributed by atoms with Crippen LogP contribution in [0.2, 0.25) is 0 Å². The van der Waals surface area contributed by atoms with Gasteiger partial charge in [-0.2, -0.15) is 0 Å². The van der Waals surface area contributed by atoms with Crippen molar-refractivity contribution in [3.63, 3.8) is 0 Å². The Morgan fingerprint density at radius 2 is 1.80 bits per heavy atom. The SMILES string of the molecule is C=CCCCCCN(CCO)CCCC. The highest BCUT2D eigenvalue weighted by Crippen LogP contribution is 2.03. The average Bonchev–Trinajstić information content (AvgIpc) is 2.25. The van der Waals surface area contributed by atoms with Gasteiger partial charge in [0.1, 0.15) is 0 Å². The van der Waals surface area contributed by atoms with E-state index in [1.165, 1.54) is 32.1 Å². The largest absolute Gasteiger partial charge is 0.395 e. The van der Waals surface area contributed by atoms with Gasteiger partial charge in [-0.3, -0.25) is 0 Å². The van der Waals surface area contributed by atoms with Crippen molar-refractivity contribution in [2.24, 2.45) is 0 Å². The Hall–Kier alpha value is -0.340. The molecule has 15 heavy (non-hydrogen) atoms. The minimum atomic E-state index is 0.288. The minimum Gasteiger partial charge on any atom is -0.395 e. The van der Waals surface area contributed by atoms with E-state index in [1.807, 2.05) is 6.08 Å². The molecule has 0 saturated carbocycles. The second kappa shape index (κ2) is 11.7. The first-order valence-electron chi connectivity index (χ1n) is 6.29. The lowest BCUT2D eigenvalue weighted by Gasteiger charge is -2.20. The molecule has 0 radical (unpaired) electrons. The summed E-state index contributed by atoms with van der Waals surface area (Å²) in [5.41, 5.74) is 0. The maximum Gasteiger partial charge on any atom is 0.0558 e. The highest BCUT2D eigenvalue weighted by Gasteiger charge is 2.02. The third-order valence-corrected chi connectivity index (χ3v) is 2.63. The van der Waals surface area contributed by atoms with Gasteiger partial charge in [0.2, 0.25) is 0 Å². The van der Waals surface area contributed by atoms with Crippen LogP contribution < -0.4 is 0 Å². The molecule has 0 heterocycles. The van der Waals surface area contributed by atoms with E-state index in [2.05, 4.69) is 18.4 Å². The molecule has 0 aliphatic heterocycles. The molecular weight excluding hydrogens is 186 g/mol. The van der Waals surface area contributed by atoms with Gasteiger partial charge in [-0.25, -0.2) is 0 Å². The van der Waals surface area contributed by atoms with E-state index < -0.39 is 0 Å². The molecule has 0 saturated heterocycles. The maximum absolute atomic E-state index is 8.92. The van der Waals surface area contributed by atoms with Crippen molar-refractivity contribution in [3.05, 3.63) is 12.7 Å². The summed E-state index contributed by atoms with van der Waals surface area (Å²) in [6.07, 6.45) is 9.38. The van der Waals surface area contributed by atoms with E-state index in [0.29, 0.717) is 0 Å². The highest BCUT2D eigenvalue weighted by atomic mass is 16.3. The summed E-state index contributed by atoms with van der Waals surface area (Å²) >= 11 is 0. The number of hydrogen-bond donors (Lipinski definition) is 1. The number of allylic oxidation sites excluding steroid dienone is 1. The van der Waals surface area contributed by atoms with Gasteiger partial charge in [0.15, 0.2) is 0 Å². The van der Waals surface area contributed by atoms with Gasteiger partial charge in [-0.05, 0) is 38.8 Å². The maximum atomic E-state index is 8.92. The molecule has 0 aromatic carbocycles. The fraction of sp³-hybridized carbons (Fsp3) is 0.846. The molecule has 2 heteroatoms. The van der Waals surface area contributed by atoms with E-state index in [9.17, 15) is 0 Å². The number of aliphatic hydroxyl groups excluding tert-OH is 1. The molecule has 90 valence electrons. The van der Waals surface area contributed by atoms with Gasteiger partial charge < -0.3 is 10.0 Å². The summed E-state index contributed by atoms with van der Waals surface area (Å²) in [5, 5.41) is 8.92. The topological polar surface area (TPSA) is 23.5 Å². The van der Waals surface area contributed by atoms with Crippen molar-refractivity contribution in [1.29, 1.82) is 0 Å². The molecule has 1 N–H and O–H groups in total. The van der Waals surface area contributed by atoms with Gasteiger partial charge >= 0.3 is 0 Å². The third-order valence-electron chi connectivity index (χ3n) is 2.63. The van der Waals surface area contributed by atoms with Crippen molar-refractivity contribution in [3.8, 4) is 0 Å². The van der Waals surface area contributed by atoms with Crippen LogP contribution in [0.4, 0.5) is 0 Å². The zero-order valence-corrected chi connectivity index (χ0v) is 10.2. The monoisotopic (exact) mass is 213 g/mol. The van der Waals surface area contributed by atoms with Gasteiger partial charge in [0.25, 0.3) is 0 Å². The van der Waals surface area contributed by atoms with Crippen molar-refractivity contribution in [2.75, 3.05) is 26.2 Å².